The van der Waals surface area contributed by atoms with E-state index in [1.807, 2.05) is 132 Å². The van der Waals surface area contributed by atoms with E-state index >= 15 is 0 Å². The molecule has 1 aliphatic heterocycles. The number of ether oxygens (including phenoxy) is 6. The molecule has 1 saturated heterocycles. The predicted octanol–water partition coefficient (Wildman–Crippen LogP) is 8.33. The van der Waals surface area contributed by atoms with Gasteiger partial charge < -0.3 is 42.8 Å². The molecule has 5 rings (SSSR count). The monoisotopic (exact) mass is 1010 g/mol. The second-order valence-electron chi connectivity index (χ2n) is 17.3. The van der Waals surface area contributed by atoms with Gasteiger partial charge in [0.1, 0.15) is 35.3 Å². The van der Waals surface area contributed by atoms with Crippen molar-refractivity contribution in [1.82, 2.24) is 19.5 Å². The van der Waals surface area contributed by atoms with Crippen molar-refractivity contribution in [2.75, 3.05) is 39.8 Å². The number of nitrogens with zero attached hydrogens (tertiary/aromatic N) is 3. The number of hydrogen-bond donors (Lipinski definition) is 2. The first-order valence-corrected chi connectivity index (χ1v) is 26.1. The zero-order valence-electron chi connectivity index (χ0n) is 40.7. The molecule has 0 bridgehead atoms. The number of carbonyl (C=O) groups is 2. The summed E-state index contributed by atoms with van der Waals surface area (Å²) in [4.78, 5) is 56.1. The highest BCUT2D eigenvalue weighted by molar-refractivity contribution is 8.77. The molecule has 2 heterocycles. The van der Waals surface area contributed by atoms with Crippen LogP contribution >= 0.6 is 30.1 Å². The minimum absolute atomic E-state index is 0.0131. The maximum atomic E-state index is 14.3. The van der Waals surface area contributed by atoms with Gasteiger partial charge in [-0.05, 0) is 75.6 Å². The second kappa shape index (κ2) is 25.8. The van der Waals surface area contributed by atoms with Gasteiger partial charge in [-0.1, -0.05) is 97.0 Å². The van der Waals surface area contributed by atoms with Crippen molar-refractivity contribution in [3.63, 3.8) is 0 Å². The number of hydrogen-bond acceptors (Lipinski definition) is 16. The van der Waals surface area contributed by atoms with Crippen molar-refractivity contribution >= 4 is 42.2 Å². The number of nitrogens with one attached hydrogen (secondary N) is 2. The van der Waals surface area contributed by atoms with E-state index in [2.05, 4.69) is 16.4 Å². The third-order valence-electron chi connectivity index (χ3n) is 10.6. The van der Waals surface area contributed by atoms with Crippen molar-refractivity contribution in [2.24, 2.45) is 0 Å². The van der Waals surface area contributed by atoms with Gasteiger partial charge in [-0.3, -0.25) is 14.3 Å². The Morgan fingerprint density at radius 2 is 1.49 bits per heavy atom. The van der Waals surface area contributed by atoms with Gasteiger partial charge in [-0.15, -0.1) is 0 Å². The van der Waals surface area contributed by atoms with Crippen LogP contribution in [0.3, 0.4) is 0 Å². The first-order valence-electron chi connectivity index (χ1n) is 22.6. The average Bonchev–Trinajstić information content (AvgIpc) is 3.63. The molecule has 2 N–H and O–H groups in total. The summed E-state index contributed by atoms with van der Waals surface area (Å²) < 4.78 is 53.3. The molecule has 0 spiro atoms. The first-order chi connectivity index (χ1) is 33.0. The quantitative estimate of drug-likeness (QED) is 0.0223. The Hall–Kier alpha value is -4.90. The molecule has 3 aromatic carbocycles. The predicted molar refractivity (Wildman–Crippen MR) is 267 cm³/mol. The lowest BCUT2D eigenvalue weighted by Gasteiger charge is -2.39. The van der Waals surface area contributed by atoms with Gasteiger partial charge in [-0.25, -0.2) is 19.1 Å². The molecule has 1 fully saturated rings. The van der Waals surface area contributed by atoms with Crippen LogP contribution in [0.2, 0.25) is 0 Å². The van der Waals surface area contributed by atoms with E-state index in [-0.39, 0.29) is 48.8 Å². The van der Waals surface area contributed by atoms with Gasteiger partial charge in [0, 0.05) is 34.8 Å². The molecule has 0 aliphatic carbocycles. The normalized spacial score (nSPS) is 18.1. The van der Waals surface area contributed by atoms with Gasteiger partial charge in [0.2, 0.25) is 0 Å². The summed E-state index contributed by atoms with van der Waals surface area (Å²) >= 11 is 0. The Bertz CT molecular complexity index is 2360. The van der Waals surface area contributed by atoms with Gasteiger partial charge >= 0.3 is 17.8 Å². The summed E-state index contributed by atoms with van der Waals surface area (Å²) in [7, 11) is 4.03. The lowest BCUT2D eigenvalue weighted by molar-refractivity contribution is -0.145. The molecule has 0 saturated carbocycles. The third kappa shape index (κ3) is 14.6. The van der Waals surface area contributed by atoms with Crippen molar-refractivity contribution in [2.45, 2.75) is 115 Å². The maximum absolute atomic E-state index is 14.3. The second-order valence-corrected chi connectivity index (χ2v) is 21.9. The lowest BCUT2D eigenvalue weighted by atomic mass is 9.80. The van der Waals surface area contributed by atoms with Gasteiger partial charge in [-0.2, -0.15) is 5.26 Å². The molecule has 69 heavy (non-hydrogen) atoms. The van der Waals surface area contributed by atoms with Crippen LogP contribution in [0.5, 0.6) is 11.5 Å². The molecule has 1 aliphatic rings. The number of aromatic nitrogens is 2. The summed E-state index contributed by atoms with van der Waals surface area (Å²) in [6.07, 6.45) is -5.03. The van der Waals surface area contributed by atoms with E-state index in [0.717, 1.165) is 27.3 Å². The van der Waals surface area contributed by atoms with Gasteiger partial charge in [0.05, 0.1) is 46.5 Å². The first kappa shape index (κ1) is 55.0. The van der Waals surface area contributed by atoms with Crippen molar-refractivity contribution in [3.8, 4) is 17.6 Å². The molecular weight excluding hydrogens is 946 g/mol. The van der Waals surface area contributed by atoms with Crippen LogP contribution in [0.4, 0.5) is 4.79 Å². The fraction of sp³-hybridized carbons (Fsp3) is 0.490. The Kier molecular flexibility index (Phi) is 20.6. The molecular formula is C49H64N5O12PS2. The molecule has 374 valence electrons. The van der Waals surface area contributed by atoms with E-state index in [4.69, 9.17) is 37.5 Å². The van der Waals surface area contributed by atoms with Crippen LogP contribution < -0.4 is 26.0 Å². The number of benzene rings is 3. The molecule has 1 amide bonds. The number of aromatic amines is 1. The minimum atomic E-state index is -2.06. The Morgan fingerprint density at radius 1 is 0.899 bits per heavy atom. The molecule has 17 nitrogen and oxygen atoms in total. The van der Waals surface area contributed by atoms with Gasteiger partial charge in [0.25, 0.3) is 14.1 Å². The van der Waals surface area contributed by atoms with Gasteiger partial charge in [0.15, 0.2) is 12.3 Å². The Balaban J connectivity index is 1.69. The molecule has 6 atom stereocenters. The van der Waals surface area contributed by atoms with E-state index in [9.17, 15) is 24.4 Å². The van der Waals surface area contributed by atoms with Crippen LogP contribution in [0.25, 0.3) is 0 Å². The van der Waals surface area contributed by atoms with E-state index in [0.29, 0.717) is 11.5 Å². The topological polar surface area (TPSA) is 202 Å². The highest BCUT2D eigenvalue weighted by atomic mass is 33.1. The smallest absolute Gasteiger partial charge is 0.408 e. The summed E-state index contributed by atoms with van der Waals surface area (Å²) in [6, 6.07) is 26.4. The summed E-state index contributed by atoms with van der Waals surface area (Å²) in [5.74, 6) is 0.721. The Morgan fingerprint density at radius 3 is 2.01 bits per heavy atom. The standard InChI is InChI=1S/C49H64N5O12PS2/c1-11-61-45(56)39(31-68-69-48(6,7)8)51-47(58)65-43-42(66-67(63-29-15-27-50)54(32(2)3)33(4)5)40(64-44(43)53-28-26-41(55)52-46(53)57)30-62-49(34-16-13-12-14-17-34,35-18-22-37(59-9)23-19-35)36-20-24-38(60-10)25-21-36/h12-14,16-26,28,32-33,39-40,42-44H,11,15,29-31H2,1-10H3,(H,51,58)(H,52,55,57)/t39-,40+,42+,43+,44+,67?/m0/s1. The third-order valence-corrected chi connectivity index (χ3v) is 16.0. The van der Waals surface area contributed by atoms with Crippen LogP contribution in [-0.4, -0.2) is 107 Å². The zero-order chi connectivity index (χ0) is 50.3. The number of amides is 1. The van der Waals surface area contributed by atoms with Crippen molar-refractivity contribution in [3.05, 3.63) is 129 Å². The fourth-order valence-electron chi connectivity index (χ4n) is 7.62. The van der Waals surface area contributed by atoms with Crippen LogP contribution in [0, 0.1) is 11.3 Å². The number of rotatable bonds is 24. The number of H-pyrrole nitrogens is 1. The summed E-state index contributed by atoms with van der Waals surface area (Å²) in [5.41, 5.74) is -0.676. The highest BCUT2D eigenvalue weighted by Crippen LogP contribution is 2.51. The molecule has 1 unspecified atom stereocenters. The molecule has 20 heteroatoms. The lowest BCUT2D eigenvalue weighted by Crippen LogP contribution is -2.48. The average molecular weight is 1010 g/mol. The largest absolute Gasteiger partial charge is 0.497 e. The van der Waals surface area contributed by atoms with Crippen LogP contribution in [0.1, 0.15) is 84.7 Å². The van der Waals surface area contributed by atoms with Crippen molar-refractivity contribution < 1.29 is 47.1 Å². The number of methoxy groups -OCH3 is 2. The molecule has 1 aromatic heterocycles. The zero-order valence-corrected chi connectivity index (χ0v) is 43.3. The van der Waals surface area contributed by atoms with Crippen molar-refractivity contribution in [1.29, 1.82) is 5.26 Å². The Labute approximate surface area is 413 Å². The van der Waals surface area contributed by atoms with E-state index in [1.165, 1.54) is 27.8 Å². The summed E-state index contributed by atoms with van der Waals surface area (Å²) in [5, 5.41) is 12.2. The number of esters is 1. The fourth-order valence-corrected chi connectivity index (χ4v) is 11.8. The van der Waals surface area contributed by atoms with E-state index in [1.54, 1.807) is 21.1 Å². The molecule has 4 aromatic rings. The number of nitriles is 1. The van der Waals surface area contributed by atoms with Crippen LogP contribution in [0.15, 0.2) is 101 Å². The number of carbonyl (C=O) groups excluding carboxylic acids is 2. The SMILES string of the molecule is CCOC(=O)[C@H](CSSC(C)(C)C)NC(=O)O[C@@H]1[C@H](OP(OCCC#N)N(C(C)C)C(C)C)[C@@H](COC(c2ccccc2)(c2ccc(OC)cc2)c2ccc(OC)cc2)O[C@H]1n1ccc(=O)[nH]c1=O. The summed E-state index contributed by atoms with van der Waals surface area (Å²) in [6.45, 7) is 15.5. The minimum Gasteiger partial charge on any atom is -0.497 e. The van der Waals surface area contributed by atoms with E-state index < -0.39 is 68.0 Å². The maximum Gasteiger partial charge on any atom is 0.408 e. The van der Waals surface area contributed by atoms with Crippen LogP contribution in [-0.2, 0) is 38.4 Å². The number of alkyl carbamates (subject to hydrolysis) is 1. The highest BCUT2D eigenvalue weighted by Gasteiger charge is 2.53. The molecule has 0 radical (unpaired) electrons.